The fourth-order valence-electron chi connectivity index (χ4n) is 1.65. The summed E-state index contributed by atoms with van der Waals surface area (Å²) in [5, 5.41) is 2.92. The van der Waals surface area contributed by atoms with Gasteiger partial charge in [0.25, 0.3) is 0 Å². The Labute approximate surface area is 109 Å². The smallest absolute Gasteiger partial charge is 0.238 e. The molecule has 18 heavy (non-hydrogen) atoms. The number of hydrogen-bond donors (Lipinski definition) is 2. The van der Waals surface area contributed by atoms with Crippen LogP contribution in [-0.4, -0.2) is 37.0 Å². The summed E-state index contributed by atoms with van der Waals surface area (Å²) >= 11 is 0. The molecule has 0 aliphatic heterocycles. The van der Waals surface area contributed by atoms with Crippen LogP contribution in [-0.2, 0) is 4.79 Å². The molecule has 0 aliphatic rings. The van der Waals surface area contributed by atoms with Crippen LogP contribution in [0.25, 0.3) is 0 Å². The van der Waals surface area contributed by atoms with E-state index in [-0.39, 0.29) is 11.9 Å². The van der Waals surface area contributed by atoms with Gasteiger partial charge in [-0.1, -0.05) is 18.2 Å². The number of carbonyl (C=O) groups is 1. The maximum absolute atomic E-state index is 11.8. The number of benzene rings is 1. The molecular formula is C14H23N3O. The fourth-order valence-corrected chi connectivity index (χ4v) is 1.65. The first-order valence-electron chi connectivity index (χ1n) is 6.28. The van der Waals surface area contributed by atoms with Crippen LogP contribution in [0.1, 0.15) is 18.9 Å². The topological polar surface area (TPSA) is 58.4 Å². The van der Waals surface area contributed by atoms with Gasteiger partial charge in [-0.15, -0.1) is 0 Å². The first kappa shape index (κ1) is 14.7. The number of amides is 1. The maximum atomic E-state index is 11.8. The second-order valence-corrected chi connectivity index (χ2v) is 4.87. The average Bonchev–Trinajstić information content (AvgIpc) is 2.29. The van der Waals surface area contributed by atoms with Gasteiger partial charge >= 0.3 is 0 Å². The fraction of sp³-hybridized carbons (Fsp3) is 0.500. The minimum Gasteiger partial charge on any atom is -0.328 e. The molecule has 1 rings (SSSR count). The summed E-state index contributed by atoms with van der Waals surface area (Å²) < 4.78 is 0. The van der Waals surface area contributed by atoms with E-state index in [1.807, 2.05) is 50.1 Å². The van der Waals surface area contributed by atoms with E-state index in [9.17, 15) is 4.79 Å². The Balaban J connectivity index is 2.40. The van der Waals surface area contributed by atoms with Gasteiger partial charge in [-0.2, -0.15) is 0 Å². The van der Waals surface area contributed by atoms with Gasteiger partial charge in [0.1, 0.15) is 0 Å². The van der Waals surface area contributed by atoms with Gasteiger partial charge in [0.2, 0.25) is 5.91 Å². The molecule has 1 aromatic rings. The largest absolute Gasteiger partial charge is 0.328 e. The number of nitrogens with one attached hydrogen (secondary N) is 1. The highest BCUT2D eigenvalue weighted by Crippen LogP contribution is 2.12. The van der Waals surface area contributed by atoms with Crippen molar-refractivity contribution in [2.75, 3.05) is 25.5 Å². The zero-order chi connectivity index (χ0) is 13.5. The molecule has 0 fully saturated rings. The van der Waals surface area contributed by atoms with Crippen LogP contribution in [0.4, 0.5) is 5.69 Å². The van der Waals surface area contributed by atoms with E-state index in [4.69, 9.17) is 5.73 Å². The summed E-state index contributed by atoms with van der Waals surface area (Å²) in [5.74, 6) is 0.0106. The van der Waals surface area contributed by atoms with Crippen molar-refractivity contribution in [3.8, 4) is 0 Å². The van der Waals surface area contributed by atoms with Crippen molar-refractivity contribution in [1.82, 2.24) is 4.90 Å². The molecular weight excluding hydrogens is 226 g/mol. The molecule has 0 saturated carbocycles. The zero-order valence-electron chi connectivity index (χ0n) is 11.4. The molecule has 0 radical (unpaired) electrons. The van der Waals surface area contributed by atoms with Crippen molar-refractivity contribution in [3.63, 3.8) is 0 Å². The second kappa shape index (κ2) is 7.13. The Morgan fingerprint density at radius 2 is 2.11 bits per heavy atom. The molecule has 0 saturated heterocycles. The highest BCUT2D eigenvalue weighted by molar-refractivity contribution is 5.92. The third-order valence-corrected chi connectivity index (χ3v) is 2.80. The molecule has 3 N–H and O–H groups in total. The molecule has 0 aliphatic carbocycles. The lowest BCUT2D eigenvalue weighted by atomic mass is 10.2. The maximum Gasteiger partial charge on any atom is 0.238 e. The van der Waals surface area contributed by atoms with E-state index in [2.05, 4.69) is 5.32 Å². The van der Waals surface area contributed by atoms with Gasteiger partial charge in [0.15, 0.2) is 0 Å². The Morgan fingerprint density at radius 1 is 1.44 bits per heavy atom. The highest BCUT2D eigenvalue weighted by atomic mass is 16.2. The van der Waals surface area contributed by atoms with E-state index in [1.165, 1.54) is 0 Å². The van der Waals surface area contributed by atoms with Gasteiger partial charge in [0.05, 0.1) is 6.54 Å². The number of rotatable bonds is 6. The molecule has 0 spiro atoms. The van der Waals surface area contributed by atoms with Crippen molar-refractivity contribution in [1.29, 1.82) is 0 Å². The van der Waals surface area contributed by atoms with Crippen molar-refractivity contribution in [2.45, 2.75) is 26.3 Å². The van der Waals surface area contributed by atoms with Crippen molar-refractivity contribution in [2.24, 2.45) is 5.73 Å². The minimum absolute atomic E-state index is 0.0106. The molecule has 1 unspecified atom stereocenters. The standard InChI is InChI=1S/C14H23N3O/c1-11-6-4-5-7-13(11)16-14(18)10-17(3)9-8-12(2)15/h4-7,12H,8-10,15H2,1-3H3,(H,16,18). The summed E-state index contributed by atoms with van der Waals surface area (Å²) in [7, 11) is 1.93. The average molecular weight is 249 g/mol. The Hall–Kier alpha value is -1.39. The molecule has 0 bridgehead atoms. The van der Waals surface area contributed by atoms with E-state index in [0.29, 0.717) is 6.54 Å². The van der Waals surface area contributed by atoms with Gasteiger partial charge in [-0.25, -0.2) is 0 Å². The van der Waals surface area contributed by atoms with Crippen LogP contribution < -0.4 is 11.1 Å². The lowest BCUT2D eigenvalue weighted by molar-refractivity contribution is -0.117. The normalized spacial score (nSPS) is 12.5. The van der Waals surface area contributed by atoms with Gasteiger partial charge in [-0.3, -0.25) is 9.69 Å². The molecule has 1 amide bonds. The first-order chi connectivity index (χ1) is 8.49. The third-order valence-electron chi connectivity index (χ3n) is 2.80. The quantitative estimate of drug-likeness (QED) is 0.805. The Bertz CT molecular complexity index is 390. The molecule has 1 aromatic carbocycles. The summed E-state index contributed by atoms with van der Waals surface area (Å²) in [6, 6.07) is 7.94. The van der Waals surface area contributed by atoms with Crippen LogP contribution in [0.5, 0.6) is 0 Å². The molecule has 4 nitrogen and oxygen atoms in total. The molecule has 100 valence electrons. The van der Waals surface area contributed by atoms with Crippen LogP contribution in [0.15, 0.2) is 24.3 Å². The SMILES string of the molecule is Cc1ccccc1NC(=O)CN(C)CCC(C)N. The molecule has 0 heterocycles. The van der Waals surface area contributed by atoms with Crippen LogP contribution in [0, 0.1) is 6.92 Å². The number of aryl methyl sites for hydroxylation is 1. The summed E-state index contributed by atoms with van der Waals surface area (Å²) in [4.78, 5) is 13.8. The number of carbonyl (C=O) groups excluding carboxylic acids is 1. The third kappa shape index (κ3) is 5.29. The Kier molecular flexibility index (Phi) is 5.82. The number of nitrogens with zero attached hydrogens (tertiary/aromatic N) is 1. The highest BCUT2D eigenvalue weighted by Gasteiger charge is 2.08. The first-order valence-corrected chi connectivity index (χ1v) is 6.28. The number of para-hydroxylation sites is 1. The number of hydrogen-bond acceptors (Lipinski definition) is 3. The predicted octanol–water partition coefficient (Wildman–Crippen LogP) is 1.60. The van der Waals surface area contributed by atoms with Crippen molar-refractivity contribution < 1.29 is 4.79 Å². The summed E-state index contributed by atoms with van der Waals surface area (Å²) in [6.45, 7) is 5.18. The predicted molar refractivity (Wildman–Crippen MR) is 75.6 cm³/mol. The Morgan fingerprint density at radius 3 is 2.72 bits per heavy atom. The monoisotopic (exact) mass is 249 g/mol. The molecule has 1 atom stereocenters. The number of anilines is 1. The van der Waals surface area contributed by atoms with Crippen molar-refractivity contribution in [3.05, 3.63) is 29.8 Å². The number of nitrogens with two attached hydrogens (primary N) is 1. The molecule has 4 heteroatoms. The van der Waals surface area contributed by atoms with E-state index < -0.39 is 0 Å². The summed E-state index contributed by atoms with van der Waals surface area (Å²) in [5.41, 5.74) is 7.64. The van der Waals surface area contributed by atoms with Crippen LogP contribution in [0.3, 0.4) is 0 Å². The van der Waals surface area contributed by atoms with Gasteiger partial charge in [-0.05, 0) is 45.5 Å². The summed E-state index contributed by atoms with van der Waals surface area (Å²) in [6.07, 6.45) is 0.897. The minimum atomic E-state index is 0.0106. The van der Waals surface area contributed by atoms with E-state index in [1.54, 1.807) is 0 Å². The lowest BCUT2D eigenvalue weighted by Crippen LogP contribution is -2.33. The zero-order valence-corrected chi connectivity index (χ0v) is 11.4. The second-order valence-electron chi connectivity index (χ2n) is 4.87. The van der Waals surface area contributed by atoms with Gasteiger partial charge < -0.3 is 11.1 Å². The van der Waals surface area contributed by atoms with E-state index >= 15 is 0 Å². The van der Waals surface area contributed by atoms with Crippen molar-refractivity contribution >= 4 is 11.6 Å². The van der Waals surface area contributed by atoms with Gasteiger partial charge in [0, 0.05) is 11.7 Å². The van der Waals surface area contributed by atoms with Crippen LogP contribution in [0.2, 0.25) is 0 Å². The van der Waals surface area contributed by atoms with Crippen LogP contribution >= 0.6 is 0 Å². The van der Waals surface area contributed by atoms with E-state index in [0.717, 1.165) is 24.2 Å². The molecule has 0 aromatic heterocycles. The number of likely N-dealkylation sites (N-methyl/N-ethyl adjacent to an activating group) is 1. The lowest BCUT2D eigenvalue weighted by Gasteiger charge is -2.17.